The molecule has 0 aromatic carbocycles. The second-order valence-electron chi connectivity index (χ2n) is 11.9. The van der Waals surface area contributed by atoms with Crippen LogP contribution in [0, 0.1) is 39.9 Å². The largest absolute Gasteiger partial charge is 0.463 e. The van der Waals surface area contributed by atoms with E-state index in [-0.39, 0.29) is 46.3 Å². The highest BCUT2D eigenvalue weighted by Crippen LogP contribution is 2.70. The Bertz CT molecular complexity index is 810. The first-order valence-electron chi connectivity index (χ1n) is 12.5. The van der Waals surface area contributed by atoms with Gasteiger partial charge in [-0.2, -0.15) is 0 Å². The van der Waals surface area contributed by atoms with Crippen LogP contribution in [0.5, 0.6) is 0 Å². The van der Waals surface area contributed by atoms with Gasteiger partial charge in [-0.15, -0.1) is 0 Å². The van der Waals surface area contributed by atoms with E-state index in [1.54, 1.807) is 0 Å². The lowest BCUT2D eigenvalue weighted by atomic mass is 9.40. The van der Waals surface area contributed by atoms with E-state index in [0.717, 1.165) is 57.1 Å². The fourth-order valence-corrected chi connectivity index (χ4v) is 8.94. The van der Waals surface area contributed by atoms with Crippen molar-refractivity contribution < 1.29 is 24.3 Å². The van der Waals surface area contributed by atoms with Gasteiger partial charge < -0.3 is 14.7 Å². The molecule has 0 saturated heterocycles. The van der Waals surface area contributed by atoms with Gasteiger partial charge in [-0.05, 0) is 86.9 Å². The Balaban J connectivity index is 1.64. The summed E-state index contributed by atoms with van der Waals surface area (Å²) < 4.78 is 11.3. The molecular formula is C26H41NO5. The van der Waals surface area contributed by atoms with E-state index in [1.807, 2.05) is 6.92 Å². The summed E-state index contributed by atoms with van der Waals surface area (Å²) in [7, 11) is 0. The normalized spacial score (nSPS) is 47.7. The van der Waals surface area contributed by atoms with Crippen LogP contribution in [0.15, 0.2) is 5.16 Å². The highest BCUT2D eigenvalue weighted by Gasteiger charge is 2.66. The minimum atomic E-state index is -0.244. The molecule has 32 heavy (non-hydrogen) atoms. The average molecular weight is 448 g/mol. The monoisotopic (exact) mass is 447 g/mol. The fourth-order valence-electron chi connectivity index (χ4n) is 8.94. The molecule has 4 saturated carbocycles. The third-order valence-electron chi connectivity index (χ3n) is 10.7. The number of esters is 2. The molecule has 1 N–H and O–H groups in total. The summed E-state index contributed by atoms with van der Waals surface area (Å²) in [5.74, 6) is 1.26. The third-order valence-corrected chi connectivity index (χ3v) is 10.7. The Hall–Kier alpha value is -1.59. The molecule has 6 nitrogen and oxygen atoms in total. The summed E-state index contributed by atoms with van der Waals surface area (Å²) in [6.45, 7) is 12.1. The lowest BCUT2D eigenvalue weighted by molar-refractivity contribution is -0.174. The zero-order chi connectivity index (χ0) is 23.5. The van der Waals surface area contributed by atoms with Gasteiger partial charge in [-0.3, -0.25) is 9.59 Å². The van der Waals surface area contributed by atoms with E-state index in [1.165, 1.54) is 13.8 Å². The summed E-state index contributed by atoms with van der Waals surface area (Å²) >= 11 is 0. The molecule has 0 spiro atoms. The van der Waals surface area contributed by atoms with Gasteiger partial charge in [0.25, 0.3) is 0 Å². The fraction of sp³-hybridized carbons (Fsp3) is 0.885. The first-order valence-corrected chi connectivity index (χ1v) is 12.5. The standard InChI is InChI=1S/C26H41NO5/c1-15(31-16(2)28)20-7-8-21-19-10-11-24(4)14-18(32-17(3)29)9-12-25(24,5)22(19)13-23(27-30)26(20,21)6/h15,18-22,30H,7-14H2,1-6H3. The Morgan fingerprint density at radius 2 is 1.75 bits per heavy atom. The number of oxime groups is 1. The van der Waals surface area contributed by atoms with Gasteiger partial charge in [0.05, 0.1) is 5.71 Å². The van der Waals surface area contributed by atoms with E-state index in [4.69, 9.17) is 9.47 Å². The van der Waals surface area contributed by atoms with E-state index in [2.05, 4.69) is 25.9 Å². The Morgan fingerprint density at radius 3 is 2.38 bits per heavy atom. The molecule has 0 aromatic heterocycles. The van der Waals surface area contributed by atoms with Gasteiger partial charge >= 0.3 is 11.9 Å². The van der Waals surface area contributed by atoms with Crippen molar-refractivity contribution in [3.63, 3.8) is 0 Å². The highest BCUT2D eigenvalue weighted by atomic mass is 16.5. The molecule has 0 aromatic rings. The average Bonchev–Trinajstić information content (AvgIpc) is 3.05. The molecule has 0 amide bonds. The molecule has 9 atom stereocenters. The molecule has 180 valence electrons. The number of ether oxygens (including phenoxy) is 2. The van der Waals surface area contributed by atoms with Gasteiger partial charge in [-0.25, -0.2) is 0 Å². The number of rotatable bonds is 3. The molecule has 0 bridgehead atoms. The van der Waals surface area contributed by atoms with Crippen molar-refractivity contribution in [2.45, 2.75) is 105 Å². The maximum absolute atomic E-state index is 11.6. The smallest absolute Gasteiger partial charge is 0.302 e. The van der Waals surface area contributed by atoms with Crippen molar-refractivity contribution in [2.24, 2.45) is 45.1 Å². The molecular weight excluding hydrogens is 406 g/mol. The lowest BCUT2D eigenvalue weighted by Gasteiger charge is -2.65. The molecule has 0 heterocycles. The Kier molecular flexibility index (Phi) is 5.90. The number of nitrogens with zero attached hydrogens (tertiary/aromatic N) is 1. The highest BCUT2D eigenvalue weighted by molar-refractivity contribution is 5.91. The first kappa shape index (κ1) is 23.6. The van der Waals surface area contributed by atoms with E-state index < -0.39 is 0 Å². The van der Waals surface area contributed by atoms with Gasteiger partial charge in [0.15, 0.2) is 0 Å². The molecule has 6 heteroatoms. The van der Waals surface area contributed by atoms with Gasteiger partial charge in [-0.1, -0.05) is 25.9 Å². The molecule has 0 aliphatic heterocycles. The van der Waals surface area contributed by atoms with E-state index in [0.29, 0.717) is 17.8 Å². The summed E-state index contributed by atoms with van der Waals surface area (Å²) in [5, 5.41) is 14.1. The maximum Gasteiger partial charge on any atom is 0.302 e. The summed E-state index contributed by atoms with van der Waals surface area (Å²) in [6, 6.07) is 0. The number of fused-ring (bicyclic) bond motifs is 5. The van der Waals surface area contributed by atoms with Crippen LogP contribution in [0.1, 0.15) is 92.9 Å². The van der Waals surface area contributed by atoms with Crippen LogP contribution in [0.3, 0.4) is 0 Å². The van der Waals surface area contributed by atoms with Crippen LogP contribution >= 0.6 is 0 Å². The van der Waals surface area contributed by atoms with Crippen molar-refractivity contribution in [3.8, 4) is 0 Å². The topological polar surface area (TPSA) is 85.2 Å². The summed E-state index contributed by atoms with van der Waals surface area (Å²) in [4.78, 5) is 23.2. The first-order chi connectivity index (χ1) is 15.0. The van der Waals surface area contributed by atoms with Crippen LogP contribution in [-0.2, 0) is 19.1 Å². The van der Waals surface area contributed by atoms with Crippen LogP contribution < -0.4 is 0 Å². The molecule has 4 rings (SSSR count). The quantitative estimate of drug-likeness (QED) is 0.358. The minimum Gasteiger partial charge on any atom is -0.463 e. The number of hydrogen-bond donors (Lipinski definition) is 1. The molecule has 4 aliphatic rings. The number of carbonyl (C=O) groups excluding carboxylic acids is 2. The molecule has 9 unspecified atom stereocenters. The van der Waals surface area contributed by atoms with Crippen molar-refractivity contribution >= 4 is 17.7 Å². The molecule has 4 fully saturated rings. The van der Waals surface area contributed by atoms with Gasteiger partial charge in [0, 0.05) is 25.2 Å². The van der Waals surface area contributed by atoms with Crippen LogP contribution in [-0.4, -0.2) is 35.1 Å². The molecule has 0 radical (unpaired) electrons. The van der Waals surface area contributed by atoms with Crippen molar-refractivity contribution in [3.05, 3.63) is 0 Å². The summed E-state index contributed by atoms with van der Waals surface area (Å²) in [6.07, 6.45) is 7.92. The second kappa shape index (κ2) is 8.02. The van der Waals surface area contributed by atoms with E-state index >= 15 is 0 Å². The maximum atomic E-state index is 11.6. The summed E-state index contributed by atoms with van der Waals surface area (Å²) in [5.41, 5.74) is 0.912. The number of carbonyl (C=O) groups is 2. The Labute approximate surface area is 192 Å². The lowest BCUT2D eigenvalue weighted by Crippen LogP contribution is -2.61. The van der Waals surface area contributed by atoms with Crippen LogP contribution in [0.25, 0.3) is 0 Å². The van der Waals surface area contributed by atoms with Gasteiger partial charge in [0.1, 0.15) is 12.2 Å². The minimum absolute atomic E-state index is 0.0161. The number of hydrogen-bond acceptors (Lipinski definition) is 6. The zero-order valence-electron chi connectivity index (χ0n) is 20.6. The predicted octanol–water partition coefficient (Wildman–Crippen LogP) is 5.36. The van der Waals surface area contributed by atoms with Crippen LogP contribution in [0.4, 0.5) is 0 Å². The van der Waals surface area contributed by atoms with Gasteiger partial charge in [0.2, 0.25) is 0 Å². The van der Waals surface area contributed by atoms with Crippen molar-refractivity contribution in [1.82, 2.24) is 0 Å². The second-order valence-corrected chi connectivity index (χ2v) is 11.9. The zero-order valence-corrected chi connectivity index (χ0v) is 20.6. The predicted molar refractivity (Wildman–Crippen MR) is 121 cm³/mol. The van der Waals surface area contributed by atoms with E-state index in [9.17, 15) is 14.8 Å². The van der Waals surface area contributed by atoms with Crippen LogP contribution in [0.2, 0.25) is 0 Å². The van der Waals surface area contributed by atoms with Crippen molar-refractivity contribution in [2.75, 3.05) is 0 Å². The van der Waals surface area contributed by atoms with Crippen molar-refractivity contribution in [1.29, 1.82) is 0 Å². The Morgan fingerprint density at radius 1 is 1.03 bits per heavy atom. The third kappa shape index (κ3) is 3.38. The molecule has 4 aliphatic carbocycles. The SMILES string of the molecule is CC(=O)OC1CCC2(C)C3CC(=NO)C4(C)C(C(C)OC(C)=O)CCC4C3CCC2(C)C1.